The SMILES string of the molecule is Cc1ccc(C)c(NC(=O)Cn2c(SCc3ccccc3)nc(C)cc2=O)c1. The normalized spacial score (nSPS) is 10.7. The first-order valence-electron chi connectivity index (χ1n) is 9.04. The molecule has 1 heterocycles. The number of thioether (sulfide) groups is 1. The molecule has 6 heteroatoms. The number of rotatable bonds is 6. The van der Waals surface area contributed by atoms with Gasteiger partial charge in [0.05, 0.1) is 0 Å². The number of aryl methyl sites for hydroxylation is 3. The molecule has 1 N–H and O–H groups in total. The third kappa shape index (κ3) is 5.10. The fourth-order valence-electron chi connectivity index (χ4n) is 2.78. The zero-order valence-electron chi connectivity index (χ0n) is 16.2. The highest BCUT2D eigenvalue weighted by Gasteiger charge is 2.13. The molecule has 0 aliphatic carbocycles. The molecule has 0 radical (unpaired) electrons. The van der Waals surface area contributed by atoms with E-state index in [-0.39, 0.29) is 18.0 Å². The van der Waals surface area contributed by atoms with E-state index in [9.17, 15) is 9.59 Å². The van der Waals surface area contributed by atoms with Crippen LogP contribution in [0.2, 0.25) is 0 Å². The van der Waals surface area contributed by atoms with E-state index in [0.29, 0.717) is 16.6 Å². The topological polar surface area (TPSA) is 64.0 Å². The molecule has 3 aromatic rings. The van der Waals surface area contributed by atoms with E-state index in [0.717, 1.165) is 22.4 Å². The highest BCUT2D eigenvalue weighted by atomic mass is 32.2. The average molecular weight is 394 g/mol. The fourth-order valence-corrected chi connectivity index (χ4v) is 3.78. The van der Waals surface area contributed by atoms with Crippen molar-refractivity contribution in [3.05, 3.63) is 87.3 Å². The van der Waals surface area contributed by atoms with Gasteiger partial charge in [0.15, 0.2) is 5.16 Å². The number of benzene rings is 2. The maximum Gasteiger partial charge on any atom is 0.254 e. The monoisotopic (exact) mass is 393 g/mol. The molecule has 2 aromatic carbocycles. The smallest absolute Gasteiger partial charge is 0.254 e. The minimum Gasteiger partial charge on any atom is -0.324 e. The lowest BCUT2D eigenvalue weighted by Crippen LogP contribution is -2.29. The largest absolute Gasteiger partial charge is 0.324 e. The molecule has 0 fully saturated rings. The predicted molar refractivity (Wildman–Crippen MR) is 114 cm³/mol. The molecule has 5 nitrogen and oxygen atoms in total. The van der Waals surface area contributed by atoms with Crippen LogP contribution < -0.4 is 10.9 Å². The molecule has 0 aliphatic rings. The minimum absolute atomic E-state index is 0.0728. The number of hydrogen-bond acceptors (Lipinski definition) is 4. The summed E-state index contributed by atoms with van der Waals surface area (Å²) in [5, 5.41) is 3.45. The molecule has 0 spiro atoms. The molecule has 28 heavy (non-hydrogen) atoms. The third-order valence-corrected chi connectivity index (χ3v) is 5.33. The maximum absolute atomic E-state index is 12.6. The van der Waals surface area contributed by atoms with E-state index < -0.39 is 0 Å². The predicted octanol–water partition coefficient (Wildman–Crippen LogP) is 4.10. The van der Waals surface area contributed by atoms with Gasteiger partial charge in [-0.15, -0.1) is 0 Å². The summed E-state index contributed by atoms with van der Waals surface area (Å²) in [5.41, 5.74) is 4.36. The number of nitrogens with zero attached hydrogens (tertiary/aromatic N) is 2. The quantitative estimate of drug-likeness (QED) is 0.506. The first kappa shape index (κ1) is 19.9. The maximum atomic E-state index is 12.6. The van der Waals surface area contributed by atoms with Crippen LogP contribution in [0.5, 0.6) is 0 Å². The average Bonchev–Trinajstić information content (AvgIpc) is 2.66. The van der Waals surface area contributed by atoms with Gasteiger partial charge in [-0.1, -0.05) is 54.2 Å². The van der Waals surface area contributed by atoms with Gasteiger partial charge in [0, 0.05) is 23.2 Å². The van der Waals surface area contributed by atoms with E-state index in [1.165, 1.54) is 22.4 Å². The van der Waals surface area contributed by atoms with E-state index in [1.54, 1.807) is 6.92 Å². The number of amides is 1. The van der Waals surface area contributed by atoms with Crippen LogP contribution in [0.3, 0.4) is 0 Å². The van der Waals surface area contributed by atoms with Crippen LogP contribution in [-0.4, -0.2) is 15.5 Å². The molecular weight excluding hydrogens is 370 g/mol. The molecule has 0 saturated carbocycles. The number of aromatic nitrogens is 2. The van der Waals surface area contributed by atoms with Gasteiger partial charge < -0.3 is 5.32 Å². The number of anilines is 1. The van der Waals surface area contributed by atoms with E-state index in [4.69, 9.17) is 0 Å². The molecule has 0 unspecified atom stereocenters. The van der Waals surface area contributed by atoms with Gasteiger partial charge in [-0.3, -0.25) is 14.2 Å². The van der Waals surface area contributed by atoms with Gasteiger partial charge in [0.1, 0.15) is 6.54 Å². The van der Waals surface area contributed by atoms with Crippen molar-refractivity contribution in [3.8, 4) is 0 Å². The molecule has 1 amide bonds. The minimum atomic E-state index is -0.247. The number of hydrogen-bond donors (Lipinski definition) is 1. The Labute approximate surface area is 168 Å². The van der Waals surface area contributed by atoms with Gasteiger partial charge in [-0.2, -0.15) is 0 Å². The second-order valence-corrected chi connectivity index (χ2v) is 7.69. The van der Waals surface area contributed by atoms with Crippen molar-refractivity contribution < 1.29 is 4.79 Å². The summed E-state index contributed by atoms with van der Waals surface area (Å²) >= 11 is 1.45. The van der Waals surface area contributed by atoms with Gasteiger partial charge in [0.25, 0.3) is 5.56 Å². The Kier molecular flexibility index (Phi) is 6.31. The molecule has 144 valence electrons. The highest BCUT2D eigenvalue weighted by Crippen LogP contribution is 2.21. The van der Waals surface area contributed by atoms with Crippen LogP contribution in [0.4, 0.5) is 5.69 Å². The highest BCUT2D eigenvalue weighted by molar-refractivity contribution is 7.98. The summed E-state index contributed by atoms with van der Waals surface area (Å²) in [5.74, 6) is 0.429. The Bertz CT molecular complexity index is 1050. The first-order valence-corrected chi connectivity index (χ1v) is 10.0. The third-order valence-electron chi connectivity index (χ3n) is 4.28. The summed E-state index contributed by atoms with van der Waals surface area (Å²) in [6.45, 7) is 5.63. The molecule has 0 saturated heterocycles. The van der Waals surface area contributed by atoms with E-state index in [2.05, 4.69) is 10.3 Å². The van der Waals surface area contributed by atoms with Crippen molar-refractivity contribution >= 4 is 23.4 Å². The summed E-state index contributed by atoms with van der Waals surface area (Å²) in [6, 6.07) is 17.3. The van der Waals surface area contributed by atoms with Crippen LogP contribution in [0, 0.1) is 20.8 Å². The van der Waals surface area contributed by atoms with E-state index in [1.807, 2.05) is 62.4 Å². The summed E-state index contributed by atoms with van der Waals surface area (Å²) in [4.78, 5) is 29.6. The first-order chi connectivity index (χ1) is 13.4. The Morgan fingerprint density at radius 1 is 1.07 bits per heavy atom. The van der Waals surface area contributed by atoms with Gasteiger partial charge in [0.2, 0.25) is 5.91 Å². The van der Waals surface area contributed by atoms with Gasteiger partial charge in [-0.05, 0) is 43.5 Å². The lowest BCUT2D eigenvalue weighted by Gasteiger charge is -2.13. The Morgan fingerprint density at radius 3 is 2.57 bits per heavy atom. The Morgan fingerprint density at radius 2 is 1.82 bits per heavy atom. The standard InChI is InChI=1S/C22H23N3O2S/c1-15-9-10-16(2)19(11-15)24-20(26)13-25-21(27)12-17(3)23-22(25)28-14-18-7-5-4-6-8-18/h4-12H,13-14H2,1-3H3,(H,24,26). The van der Waals surface area contributed by atoms with Crippen LogP contribution in [0.15, 0.2) is 64.5 Å². The Balaban J connectivity index is 1.79. The van der Waals surface area contributed by atoms with Crippen LogP contribution in [0.25, 0.3) is 0 Å². The van der Waals surface area contributed by atoms with Gasteiger partial charge >= 0.3 is 0 Å². The molecule has 1 aromatic heterocycles. The van der Waals surface area contributed by atoms with Crippen molar-refractivity contribution in [1.29, 1.82) is 0 Å². The summed E-state index contributed by atoms with van der Waals surface area (Å²) in [6.07, 6.45) is 0. The summed E-state index contributed by atoms with van der Waals surface area (Å²) < 4.78 is 1.43. The van der Waals surface area contributed by atoms with Crippen molar-refractivity contribution in [2.75, 3.05) is 5.32 Å². The second kappa shape index (κ2) is 8.89. The Hall–Kier alpha value is -2.86. The van der Waals surface area contributed by atoms with Crippen LogP contribution >= 0.6 is 11.8 Å². The number of carbonyl (C=O) groups is 1. The zero-order chi connectivity index (χ0) is 20.1. The zero-order valence-corrected chi connectivity index (χ0v) is 17.0. The van der Waals surface area contributed by atoms with Crippen LogP contribution in [-0.2, 0) is 17.1 Å². The van der Waals surface area contributed by atoms with E-state index >= 15 is 0 Å². The van der Waals surface area contributed by atoms with Crippen LogP contribution in [0.1, 0.15) is 22.4 Å². The second-order valence-electron chi connectivity index (χ2n) is 6.75. The van der Waals surface area contributed by atoms with Gasteiger partial charge in [-0.25, -0.2) is 4.98 Å². The molecular formula is C22H23N3O2S. The fraction of sp³-hybridized carbons (Fsp3) is 0.227. The van der Waals surface area contributed by atoms with Crippen molar-refractivity contribution in [3.63, 3.8) is 0 Å². The summed E-state index contributed by atoms with van der Waals surface area (Å²) in [7, 11) is 0. The van der Waals surface area contributed by atoms with Crippen molar-refractivity contribution in [2.45, 2.75) is 38.2 Å². The molecule has 0 aliphatic heterocycles. The lowest BCUT2D eigenvalue weighted by molar-refractivity contribution is -0.116. The number of carbonyl (C=O) groups excluding carboxylic acids is 1. The molecule has 3 rings (SSSR count). The molecule has 0 bridgehead atoms. The van der Waals surface area contributed by atoms with Crippen molar-refractivity contribution in [1.82, 2.24) is 9.55 Å². The lowest BCUT2D eigenvalue weighted by atomic mass is 10.1. The van der Waals surface area contributed by atoms with Crippen molar-refractivity contribution in [2.24, 2.45) is 0 Å². The molecule has 0 atom stereocenters. The number of nitrogens with one attached hydrogen (secondary N) is 1.